The molecule has 0 radical (unpaired) electrons. The first-order valence-electron chi connectivity index (χ1n) is 13.6. The van der Waals surface area contributed by atoms with Crippen LogP contribution in [0.2, 0.25) is 0 Å². The Labute approximate surface area is 209 Å². The third-order valence-corrected chi connectivity index (χ3v) is 9.24. The summed E-state index contributed by atoms with van der Waals surface area (Å²) in [5, 5.41) is 3.37. The standard InChI is InChI=1S/C28H41N3O4/c1-2-35-26(33)31-14-8-23(9-15-31)30-16-10-27(11-17-30)20-24(27)25(32)29-21-28(12-18-34-19-13-28)22-6-4-3-5-7-22/h3-7,23-24H,2,8-21H2,1H3,(H,29,32)/t24-/m0/s1. The molecule has 4 fully saturated rings. The average molecular weight is 484 g/mol. The summed E-state index contributed by atoms with van der Waals surface area (Å²) in [6, 6.07) is 11.2. The zero-order chi connectivity index (χ0) is 24.3. The summed E-state index contributed by atoms with van der Waals surface area (Å²) in [4.78, 5) is 29.6. The van der Waals surface area contributed by atoms with Crippen LogP contribution < -0.4 is 5.32 Å². The van der Waals surface area contributed by atoms with Crippen molar-refractivity contribution >= 4 is 12.0 Å². The summed E-state index contributed by atoms with van der Waals surface area (Å²) in [6.45, 7) is 8.21. The van der Waals surface area contributed by atoms with Crippen molar-refractivity contribution in [1.29, 1.82) is 0 Å². The first-order valence-corrected chi connectivity index (χ1v) is 13.6. The van der Waals surface area contributed by atoms with Gasteiger partial charge in [-0.05, 0) is 75.9 Å². The molecule has 1 atom stereocenters. The summed E-state index contributed by atoms with van der Waals surface area (Å²) in [5.74, 6) is 0.422. The monoisotopic (exact) mass is 483 g/mol. The molecule has 0 aromatic heterocycles. The van der Waals surface area contributed by atoms with E-state index in [1.807, 2.05) is 11.8 Å². The minimum absolute atomic E-state index is 0.0149. The van der Waals surface area contributed by atoms with Gasteiger partial charge in [0.25, 0.3) is 0 Å². The number of carbonyl (C=O) groups is 2. The van der Waals surface area contributed by atoms with Gasteiger partial charge < -0.3 is 24.6 Å². The maximum atomic E-state index is 13.2. The van der Waals surface area contributed by atoms with Crippen molar-refractivity contribution in [2.45, 2.75) is 63.3 Å². The molecule has 0 unspecified atom stereocenters. The van der Waals surface area contributed by atoms with E-state index in [-0.39, 0.29) is 28.7 Å². The molecule has 3 heterocycles. The van der Waals surface area contributed by atoms with Crippen molar-refractivity contribution in [2.24, 2.45) is 11.3 Å². The molecule has 0 bridgehead atoms. The lowest BCUT2D eigenvalue weighted by atomic mass is 9.74. The highest BCUT2D eigenvalue weighted by Gasteiger charge is 2.58. The molecular formula is C28H41N3O4. The predicted octanol–water partition coefficient (Wildman–Crippen LogP) is 3.57. The smallest absolute Gasteiger partial charge is 0.409 e. The molecule has 4 aliphatic rings. The Bertz CT molecular complexity index is 869. The highest BCUT2D eigenvalue weighted by Crippen LogP contribution is 2.59. The van der Waals surface area contributed by atoms with Gasteiger partial charge in [-0.2, -0.15) is 0 Å². The van der Waals surface area contributed by atoms with Gasteiger partial charge in [-0.25, -0.2) is 4.79 Å². The lowest BCUT2D eigenvalue weighted by Gasteiger charge is -2.42. The van der Waals surface area contributed by atoms with Gasteiger partial charge in [0.2, 0.25) is 5.91 Å². The van der Waals surface area contributed by atoms with Crippen molar-refractivity contribution in [3.05, 3.63) is 35.9 Å². The molecule has 7 heteroatoms. The lowest BCUT2D eigenvalue weighted by molar-refractivity contribution is -0.124. The van der Waals surface area contributed by atoms with Crippen molar-refractivity contribution in [3.8, 4) is 0 Å². The predicted molar refractivity (Wildman–Crippen MR) is 134 cm³/mol. The van der Waals surface area contributed by atoms with Gasteiger partial charge >= 0.3 is 6.09 Å². The average Bonchev–Trinajstić information content (AvgIpc) is 3.62. The van der Waals surface area contributed by atoms with Gasteiger partial charge in [-0.1, -0.05) is 30.3 Å². The van der Waals surface area contributed by atoms with Crippen LogP contribution >= 0.6 is 0 Å². The summed E-state index contributed by atoms with van der Waals surface area (Å²) < 4.78 is 10.8. The zero-order valence-electron chi connectivity index (χ0n) is 21.2. The summed E-state index contributed by atoms with van der Waals surface area (Å²) in [6.07, 6.45) is 7.03. The zero-order valence-corrected chi connectivity index (χ0v) is 21.2. The molecular weight excluding hydrogens is 442 g/mol. The van der Waals surface area contributed by atoms with Crippen molar-refractivity contribution < 1.29 is 19.1 Å². The number of rotatable bonds is 6. The van der Waals surface area contributed by atoms with E-state index in [0.29, 0.717) is 19.2 Å². The van der Waals surface area contributed by atoms with E-state index in [4.69, 9.17) is 9.47 Å². The Morgan fingerprint density at radius 3 is 2.37 bits per heavy atom. The van der Waals surface area contributed by atoms with Crippen molar-refractivity contribution in [1.82, 2.24) is 15.1 Å². The van der Waals surface area contributed by atoms with Gasteiger partial charge in [0, 0.05) is 50.2 Å². The second kappa shape index (κ2) is 10.5. The third-order valence-electron chi connectivity index (χ3n) is 9.24. The molecule has 1 N–H and O–H groups in total. The molecule has 1 aromatic rings. The number of ether oxygens (including phenoxy) is 2. The van der Waals surface area contributed by atoms with E-state index in [2.05, 4.69) is 40.5 Å². The van der Waals surface area contributed by atoms with Gasteiger partial charge in [0.15, 0.2) is 0 Å². The van der Waals surface area contributed by atoms with E-state index >= 15 is 0 Å². The highest BCUT2D eigenvalue weighted by molar-refractivity contribution is 5.82. The normalized spacial score (nSPS) is 26.3. The van der Waals surface area contributed by atoms with E-state index < -0.39 is 0 Å². The van der Waals surface area contributed by atoms with Crippen LogP contribution in [0.3, 0.4) is 0 Å². The number of likely N-dealkylation sites (tertiary alicyclic amines) is 2. The van der Waals surface area contributed by atoms with Crippen molar-refractivity contribution in [3.63, 3.8) is 0 Å². The number of carbonyl (C=O) groups excluding carboxylic acids is 2. The van der Waals surface area contributed by atoms with Crippen LogP contribution in [0.15, 0.2) is 30.3 Å². The van der Waals surface area contributed by atoms with Crippen LogP contribution in [-0.2, 0) is 19.7 Å². The molecule has 3 saturated heterocycles. The number of nitrogens with zero attached hydrogens (tertiary/aromatic N) is 2. The number of nitrogens with one attached hydrogen (secondary N) is 1. The molecule has 1 spiro atoms. The Kier molecular flexibility index (Phi) is 7.35. The minimum atomic E-state index is -0.176. The van der Waals surface area contributed by atoms with Crippen LogP contribution in [0.1, 0.15) is 57.4 Å². The number of amides is 2. The third kappa shape index (κ3) is 5.21. The second-order valence-electron chi connectivity index (χ2n) is 11.0. The summed E-state index contributed by atoms with van der Waals surface area (Å²) in [5.41, 5.74) is 1.51. The van der Waals surface area contributed by atoms with Crippen LogP contribution in [0.25, 0.3) is 0 Å². The summed E-state index contributed by atoms with van der Waals surface area (Å²) >= 11 is 0. The fourth-order valence-electron chi connectivity index (χ4n) is 6.73. The van der Waals surface area contributed by atoms with Gasteiger partial charge in [0.05, 0.1) is 6.61 Å². The second-order valence-corrected chi connectivity index (χ2v) is 11.0. The molecule has 3 aliphatic heterocycles. The van der Waals surface area contributed by atoms with Crippen LogP contribution in [0.5, 0.6) is 0 Å². The van der Waals surface area contributed by atoms with E-state index in [0.717, 1.165) is 84.3 Å². The van der Waals surface area contributed by atoms with E-state index in [1.54, 1.807) is 0 Å². The number of hydrogen-bond acceptors (Lipinski definition) is 5. The quantitative estimate of drug-likeness (QED) is 0.670. The topological polar surface area (TPSA) is 71.1 Å². The fourth-order valence-corrected chi connectivity index (χ4v) is 6.73. The fraction of sp³-hybridized carbons (Fsp3) is 0.714. The van der Waals surface area contributed by atoms with Gasteiger partial charge in [-0.3, -0.25) is 4.79 Å². The Morgan fingerprint density at radius 1 is 1.03 bits per heavy atom. The minimum Gasteiger partial charge on any atom is -0.450 e. The molecule has 1 saturated carbocycles. The maximum Gasteiger partial charge on any atom is 0.409 e. The SMILES string of the molecule is CCOC(=O)N1CCC(N2CCC3(CC2)C[C@H]3C(=O)NCC2(c3ccccc3)CCOCC2)CC1. The van der Waals surface area contributed by atoms with Crippen LogP contribution in [0, 0.1) is 11.3 Å². The van der Waals surface area contributed by atoms with Crippen LogP contribution in [0.4, 0.5) is 4.79 Å². The largest absolute Gasteiger partial charge is 0.450 e. The summed E-state index contributed by atoms with van der Waals surface area (Å²) in [7, 11) is 0. The first-order chi connectivity index (χ1) is 17.1. The maximum absolute atomic E-state index is 13.2. The Hall–Kier alpha value is -2.12. The molecule has 1 aliphatic carbocycles. The molecule has 7 nitrogen and oxygen atoms in total. The van der Waals surface area contributed by atoms with Crippen LogP contribution in [-0.4, -0.2) is 80.4 Å². The molecule has 2 amide bonds. The molecule has 192 valence electrons. The number of benzene rings is 1. The molecule has 1 aromatic carbocycles. The Morgan fingerprint density at radius 2 is 1.71 bits per heavy atom. The lowest BCUT2D eigenvalue weighted by Crippen LogP contribution is -2.50. The number of piperidine rings is 2. The van der Waals surface area contributed by atoms with Gasteiger partial charge in [0.1, 0.15) is 0 Å². The van der Waals surface area contributed by atoms with Gasteiger partial charge in [-0.15, -0.1) is 0 Å². The highest BCUT2D eigenvalue weighted by atomic mass is 16.6. The molecule has 35 heavy (non-hydrogen) atoms. The van der Waals surface area contributed by atoms with E-state index in [9.17, 15) is 9.59 Å². The Balaban J connectivity index is 1.09. The number of hydrogen-bond donors (Lipinski definition) is 1. The first kappa shape index (κ1) is 24.6. The van der Waals surface area contributed by atoms with Crippen molar-refractivity contribution in [2.75, 3.05) is 52.5 Å². The molecule has 5 rings (SSSR count). The van der Waals surface area contributed by atoms with E-state index in [1.165, 1.54) is 5.56 Å².